The smallest absolute Gasteiger partial charge is 0.131 e. The van der Waals surface area contributed by atoms with Gasteiger partial charge >= 0.3 is 0 Å². The fraction of sp³-hybridized carbons (Fsp3) is 0.0833. The highest BCUT2D eigenvalue weighted by atomic mass is 79.9. The Kier molecular flexibility index (Phi) is 4.11. The van der Waals surface area contributed by atoms with Crippen molar-refractivity contribution in [3.63, 3.8) is 0 Å². The molecule has 1 aromatic heterocycles. The van der Waals surface area contributed by atoms with Crippen LogP contribution in [-0.4, -0.2) is 13.7 Å². The summed E-state index contributed by atoms with van der Waals surface area (Å²) in [5.41, 5.74) is 8.28. The first kappa shape index (κ1) is 13.2. The van der Waals surface area contributed by atoms with Gasteiger partial charge in [-0.1, -0.05) is 35.3 Å². The van der Waals surface area contributed by atoms with Gasteiger partial charge in [0.05, 0.1) is 0 Å². The molecule has 0 aliphatic heterocycles. The lowest BCUT2D eigenvalue weighted by Gasteiger charge is -2.08. The van der Waals surface area contributed by atoms with Crippen molar-refractivity contribution in [2.24, 2.45) is 0 Å². The van der Waals surface area contributed by atoms with E-state index in [4.69, 9.17) is 5.73 Å². The van der Waals surface area contributed by atoms with E-state index in [1.165, 1.54) is 0 Å². The Labute approximate surface area is 116 Å². The number of nitrogens with zero attached hydrogens (tertiary/aromatic N) is 1. The van der Waals surface area contributed by atoms with Gasteiger partial charge in [-0.2, -0.15) is 0 Å². The van der Waals surface area contributed by atoms with Crippen LogP contribution >= 0.6 is 15.9 Å². The van der Waals surface area contributed by atoms with E-state index in [2.05, 4.69) is 20.9 Å². The van der Waals surface area contributed by atoms with E-state index in [-0.39, 0.29) is 5.75 Å². The molecule has 94 valence electrons. The number of rotatable bonds is 3. The van der Waals surface area contributed by atoms with E-state index in [1.54, 1.807) is 18.3 Å². The summed E-state index contributed by atoms with van der Waals surface area (Å²) in [6, 6.07) is 9.09. The SMILES string of the molecule is Nc1ncc(Br)cc1-c1ccc(CS(=O)[O-])cc1. The molecule has 0 aliphatic rings. The molecule has 2 N–H and O–H groups in total. The Hall–Kier alpha value is -1.24. The standard InChI is InChI=1S/C12H11BrN2O2S/c13-10-5-11(12(14)15-6-10)9-3-1-8(2-4-9)7-18(16)17/h1-6H,7H2,(H2,14,15)(H,16,17)/p-1. The molecule has 0 saturated carbocycles. The number of anilines is 1. The Morgan fingerprint density at radius 1 is 1.33 bits per heavy atom. The summed E-state index contributed by atoms with van der Waals surface area (Å²) in [4.78, 5) is 4.06. The van der Waals surface area contributed by atoms with Crippen molar-refractivity contribution in [3.8, 4) is 11.1 Å². The summed E-state index contributed by atoms with van der Waals surface area (Å²) < 4.78 is 22.0. The molecule has 0 amide bonds. The van der Waals surface area contributed by atoms with Crippen molar-refractivity contribution in [3.05, 3.63) is 46.6 Å². The number of benzene rings is 1. The fourth-order valence-corrected chi connectivity index (χ4v) is 2.39. The number of hydrogen-bond donors (Lipinski definition) is 1. The predicted molar refractivity (Wildman–Crippen MR) is 74.4 cm³/mol. The van der Waals surface area contributed by atoms with Crippen molar-refractivity contribution >= 4 is 32.8 Å². The van der Waals surface area contributed by atoms with E-state index < -0.39 is 11.1 Å². The maximum Gasteiger partial charge on any atom is 0.131 e. The third kappa shape index (κ3) is 3.16. The van der Waals surface area contributed by atoms with Crippen molar-refractivity contribution in [2.45, 2.75) is 5.75 Å². The molecule has 6 heteroatoms. The van der Waals surface area contributed by atoms with E-state index in [0.29, 0.717) is 5.82 Å². The lowest BCUT2D eigenvalue weighted by molar-refractivity contribution is 0.536. The lowest BCUT2D eigenvalue weighted by atomic mass is 10.1. The third-order valence-electron chi connectivity index (χ3n) is 2.43. The fourth-order valence-electron chi connectivity index (χ4n) is 1.60. The van der Waals surface area contributed by atoms with Crippen LogP contribution in [0.15, 0.2) is 41.0 Å². The summed E-state index contributed by atoms with van der Waals surface area (Å²) in [6.07, 6.45) is 1.63. The number of nitrogen functional groups attached to an aromatic ring is 1. The first-order chi connectivity index (χ1) is 8.56. The zero-order valence-corrected chi connectivity index (χ0v) is 11.7. The zero-order chi connectivity index (χ0) is 13.1. The van der Waals surface area contributed by atoms with Crippen molar-refractivity contribution in [1.82, 2.24) is 4.98 Å². The molecule has 1 unspecified atom stereocenters. The van der Waals surface area contributed by atoms with Gasteiger partial charge in [0.25, 0.3) is 0 Å². The van der Waals surface area contributed by atoms with Gasteiger partial charge in [-0.15, -0.1) is 0 Å². The summed E-state index contributed by atoms with van der Waals surface area (Å²) in [7, 11) is 0. The van der Waals surface area contributed by atoms with E-state index >= 15 is 0 Å². The highest BCUT2D eigenvalue weighted by Gasteiger charge is 2.04. The monoisotopic (exact) mass is 325 g/mol. The minimum atomic E-state index is -2.07. The second-order valence-corrected chi connectivity index (χ2v) is 5.54. The third-order valence-corrected chi connectivity index (χ3v) is 3.44. The molecule has 0 radical (unpaired) electrons. The van der Waals surface area contributed by atoms with Gasteiger partial charge in [0.15, 0.2) is 0 Å². The zero-order valence-electron chi connectivity index (χ0n) is 9.30. The Morgan fingerprint density at radius 2 is 2.00 bits per heavy atom. The first-order valence-electron chi connectivity index (χ1n) is 5.12. The van der Waals surface area contributed by atoms with Crippen molar-refractivity contribution in [2.75, 3.05) is 5.73 Å². The second kappa shape index (κ2) is 5.60. The number of aromatic nitrogens is 1. The Balaban J connectivity index is 2.34. The van der Waals surface area contributed by atoms with Crippen LogP contribution in [0.5, 0.6) is 0 Å². The van der Waals surface area contributed by atoms with Crippen LogP contribution in [0.4, 0.5) is 5.82 Å². The van der Waals surface area contributed by atoms with E-state index in [0.717, 1.165) is 21.2 Å². The molecular weight excluding hydrogens is 316 g/mol. The lowest BCUT2D eigenvalue weighted by Crippen LogP contribution is -1.95. The van der Waals surface area contributed by atoms with Crippen LogP contribution in [0.3, 0.4) is 0 Å². The van der Waals surface area contributed by atoms with Crippen LogP contribution in [0, 0.1) is 0 Å². The normalized spacial score (nSPS) is 12.3. The van der Waals surface area contributed by atoms with Crippen molar-refractivity contribution < 1.29 is 8.76 Å². The molecule has 1 aromatic carbocycles. The number of nitrogens with two attached hydrogens (primary N) is 1. The number of pyridine rings is 1. The minimum absolute atomic E-state index is 0.0203. The maximum absolute atomic E-state index is 10.6. The van der Waals surface area contributed by atoms with Gasteiger partial charge in [-0.05, 0) is 33.1 Å². The van der Waals surface area contributed by atoms with Gasteiger partial charge < -0.3 is 10.3 Å². The number of halogens is 1. The summed E-state index contributed by atoms with van der Waals surface area (Å²) in [6.45, 7) is 0. The molecule has 18 heavy (non-hydrogen) atoms. The van der Waals surface area contributed by atoms with E-state index in [1.807, 2.05) is 18.2 Å². The predicted octanol–water partition coefficient (Wildman–Crippen LogP) is 2.47. The molecule has 2 rings (SSSR count). The van der Waals surface area contributed by atoms with Crippen LogP contribution < -0.4 is 5.73 Å². The molecule has 2 aromatic rings. The molecule has 0 spiro atoms. The molecule has 0 saturated heterocycles. The molecule has 1 atom stereocenters. The van der Waals surface area contributed by atoms with Crippen LogP contribution in [0.25, 0.3) is 11.1 Å². The second-order valence-electron chi connectivity index (χ2n) is 3.73. The molecule has 0 aliphatic carbocycles. The van der Waals surface area contributed by atoms with Gasteiger partial charge in [0.1, 0.15) is 5.82 Å². The maximum atomic E-state index is 10.6. The quantitative estimate of drug-likeness (QED) is 0.879. The largest absolute Gasteiger partial charge is 0.772 e. The van der Waals surface area contributed by atoms with Crippen LogP contribution in [0.1, 0.15) is 5.56 Å². The average molecular weight is 326 g/mol. The molecule has 0 bridgehead atoms. The summed E-state index contributed by atoms with van der Waals surface area (Å²) >= 11 is 1.27. The topological polar surface area (TPSA) is 79.0 Å². The van der Waals surface area contributed by atoms with Crippen molar-refractivity contribution in [1.29, 1.82) is 0 Å². The Bertz CT molecular complexity index is 587. The van der Waals surface area contributed by atoms with Crippen LogP contribution in [0.2, 0.25) is 0 Å². The minimum Gasteiger partial charge on any atom is -0.772 e. The van der Waals surface area contributed by atoms with Gasteiger partial charge in [0.2, 0.25) is 0 Å². The average Bonchev–Trinajstić information content (AvgIpc) is 2.33. The highest BCUT2D eigenvalue weighted by molar-refractivity contribution is 9.10. The Morgan fingerprint density at radius 3 is 2.61 bits per heavy atom. The van der Waals surface area contributed by atoms with Gasteiger partial charge in [-0.3, -0.25) is 4.21 Å². The highest BCUT2D eigenvalue weighted by Crippen LogP contribution is 2.27. The first-order valence-corrected chi connectivity index (χ1v) is 7.16. The summed E-state index contributed by atoms with van der Waals surface area (Å²) in [5.74, 6) is 0.463. The van der Waals surface area contributed by atoms with Gasteiger partial charge in [-0.25, -0.2) is 4.98 Å². The molecule has 1 heterocycles. The summed E-state index contributed by atoms with van der Waals surface area (Å²) in [5, 5.41) is 0. The van der Waals surface area contributed by atoms with E-state index in [9.17, 15) is 8.76 Å². The molecular formula is C12H10BrN2O2S-. The molecule has 0 fully saturated rings. The van der Waals surface area contributed by atoms with Gasteiger partial charge in [0, 0.05) is 22.0 Å². The van der Waals surface area contributed by atoms with Crippen LogP contribution in [-0.2, 0) is 16.8 Å². The molecule has 4 nitrogen and oxygen atoms in total. The number of hydrogen-bond acceptors (Lipinski definition) is 4.